The minimum Gasteiger partial charge on any atom is -0.491 e. The van der Waals surface area contributed by atoms with Gasteiger partial charge in [0.1, 0.15) is 49.3 Å². The number of rotatable bonds is 22. The molecule has 3 amide bonds. The second-order valence-electron chi connectivity index (χ2n) is 19.4. The smallest absolute Gasteiger partial charge is 0.283 e. The Morgan fingerprint density at radius 2 is 1.61 bits per heavy atom. The van der Waals surface area contributed by atoms with Gasteiger partial charge < -0.3 is 44.7 Å². The van der Waals surface area contributed by atoms with Crippen molar-refractivity contribution in [2.75, 3.05) is 65.9 Å². The van der Waals surface area contributed by atoms with Crippen molar-refractivity contribution in [2.45, 2.75) is 96.6 Å². The highest BCUT2D eigenvalue weighted by molar-refractivity contribution is 7.13. The Kier molecular flexibility index (Phi) is 17.7. The van der Waals surface area contributed by atoms with Crippen molar-refractivity contribution >= 4 is 34.6 Å². The lowest BCUT2D eigenvalue weighted by molar-refractivity contribution is -0.144. The van der Waals surface area contributed by atoms with E-state index in [2.05, 4.69) is 15.6 Å². The van der Waals surface area contributed by atoms with Gasteiger partial charge in [-0.25, -0.2) is 22.5 Å². The molecule has 14 nitrogen and oxygen atoms in total. The lowest BCUT2D eigenvalue weighted by Gasteiger charge is -2.43. The molecule has 1 aliphatic carbocycles. The highest BCUT2D eigenvalue weighted by atomic mass is 32.1. The number of likely N-dealkylation sites (tertiary alicyclic amines) is 1. The number of hydrogen-bond acceptors (Lipinski definition) is 12. The molecule has 0 spiro atoms. The minimum absolute atomic E-state index is 0.0509. The number of carbonyl (C=O) groups excluding carboxylic acids is 3. The van der Waals surface area contributed by atoms with Gasteiger partial charge in [0.2, 0.25) is 17.7 Å². The van der Waals surface area contributed by atoms with E-state index in [0.29, 0.717) is 18.4 Å². The van der Waals surface area contributed by atoms with Crippen LogP contribution in [-0.2, 0) is 41.6 Å². The summed E-state index contributed by atoms with van der Waals surface area (Å²) in [4.78, 5) is 48.4. The van der Waals surface area contributed by atoms with Crippen LogP contribution in [0.5, 0.6) is 5.75 Å². The molecule has 71 heavy (non-hydrogen) atoms. The fourth-order valence-electron chi connectivity index (χ4n) is 9.44. The molecule has 0 unspecified atom stereocenters. The average molecular weight is 1010 g/mol. The van der Waals surface area contributed by atoms with Crippen LogP contribution in [0.25, 0.3) is 16.0 Å². The van der Waals surface area contributed by atoms with Gasteiger partial charge in [-0.3, -0.25) is 19.3 Å². The van der Waals surface area contributed by atoms with Crippen LogP contribution >= 0.6 is 11.3 Å². The van der Waals surface area contributed by atoms with E-state index in [1.165, 1.54) is 9.80 Å². The Hall–Kier alpha value is -5.28. The van der Waals surface area contributed by atoms with Crippen LogP contribution < -0.4 is 15.4 Å². The van der Waals surface area contributed by atoms with Crippen LogP contribution in [0.2, 0.25) is 0 Å². The molecule has 7 rings (SSSR count). The Bertz CT molecular complexity index is 2510. The summed E-state index contributed by atoms with van der Waals surface area (Å²) < 4.78 is 83.4. The van der Waals surface area contributed by atoms with E-state index < -0.39 is 84.1 Å². The largest absolute Gasteiger partial charge is 0.491 e. The van der Waals surface area contributed by atoms with Crippen molar-refractivity contribution in [2.24, 2.45) is 5.41 Å². The molecular formula is C52H63F4N5O9S. The lowest BCUT2D eigenvalue weighted by atomic mass is 9.84. The minimum atomic E-state index is -3.49. The van der Waals surface area contributed by atoms with Gasteiger partial charge >= 0.3 is 0 Å². The number of aryl methyl sites for hydroxylation is 1. The van der Waals surface area contributed by atoms with E-state index in [4.69, 9.17) is 18.9 Å². The number of fused-ring (bicyclic) bond motifs is 2. The molecule has 0 radical (unpaired) electrons. The third kappa shape index (κ3) is 13.2. The van der Waals surface area contributed by atoms with Crippen molar-refractivity contribution in [1.29, 1.82) is 0 Å². The molecule has 0 bridgehead atoms. The number of aromatic nitrogens is 1. The van der Waals surface area contributed by atoms with Crippen molar-refractivity contribution in [3.63, 3.8) is 0 Å². The SMILES string of the molecule is Cc1ncsc1-c1ccc(CNC(=O)[C@@H]2C[C@@H](O)CN2C(=O)[C@@H](NC(=O)COCCOCCOCCOc2cc(F)c([C@@H]3C4=C(C[C@@H](C)N3CC(F)(F)CO)c3ccccc3C4)c(F)c2)C(C)(C)C)cc1. The number of thiazole rings is 1. The first kappa shape index (κ1) is 53.5. The molecule has 1 fully saturated rings. The normalized spacial score (nSPS) is 19.7. The summed E-state index contributed by atoms with van der Waals surface area (Å²) in [5.74, 6) is -6.91. The number of carbonyl (C=O) groups is 3. The number of hydrogen-bond donors (Lipinski definition) is 4. The maximum absolute atomic E-state index is 16.0. The van der Waals surface area contributed by atoms with Crippen molar-refractivity contribution in [3.05, 3.63) is 111 Å². The fourth-order valence-corrected chi connectivity index (χ4v) is 10.3. The predicted octanol–water partition coefficient (Wildman–Crippen LogP) is 6.41. The van der Waals surface area contributed by atoms with Crippen LogP contribution in [0.1, 0.15) is 74.5 Å². The summed E-state index contributed by atoms with van der Waals surface area (Å²) in [7, 11) is 0. The number of alkyl halides is 2. The van der Waals surface area contributed by atoms with Gasteiger partial charge in [0, 0.05) is 43.2 Å². The van der Waals surface area contributed by atoms with Gasteiger partial charge in [0.25, 0.3) is 5.92 Å². The number of nitrogens with one attached hydrogen (secondary N) is 2. The second-order valence-corrected chi connectivity index (χ2v) is 20.2. The van der Waals surface area contributed by atoms with Gasteiger partial charge in [0.15, 0.2) is 0 Å². The monoisotopic (exact) mass is 1010 g/mol. The van der Waals surface area contributed by atoms with Crippen LogP contribution in [0.15, 0.2) is 71.7 Å². The van der Waals surface area contributed by atoms with Gasteiger partial charge in [-0.15, -0.1) is 11.3 Å². The topological polar surface area (TPSA) is 172 Å². The van der Waals surface area contributed by atoms with Crippen LogP contribution in [-0.4, -0.2) is 139 Å². The molecule has 3 aliphatic rings. The average Bonchev–Trinajstić information content (AvgIpc) is 4.05. The molecule has 3 aromatic carbocycles. The molecule has 4 N–H and O–H groups in total. The van der Waals surface area contributed by atoms with Crippen molar-refractivity contribution in [3.8, 4) is 16.2 Å². The van der Waals surface area contributed by atoms with E-state index in [0.717, 1.165) is 50.5 Å². The van der Waals surface area contributed by atoms with Crippen molar-refractivity contribution in [1.82, 2.24) is 25.4 Å². The zero-order valence-electron chi connectivity index (χ0n) is 40.7. The molecule has 4 aromatic rings. The third-order valence-corrected chi connectivity index (χ3v) is 14.0. The molecule has 1 saturated heterocycles. The first-order valence-electron chi connectivity index (χ1n) is 23.8. The Balaban J connectivity index is 0.809. The molecule has 384 valence electrons. The number of amides is 3. The first-order chi connectivity index (χ1) is 33.8. The molecule has 1 aromatic heterocycles. The van der Waals surface area contributed by atoms with E-state index in [-0.39, 0.29) is 77.1 Å². The Morgan fingerprint density at radius 1 is 0.944 bits per heavy atom. The maximum Gasteiger partial charge on any atom is 0.283 e. The first-order valence-corrected chi connectivity index (χ1v) is 24.7. The summed E-state index contributed by atoms with van der Waals surface area (Å²) >= 11 is 1.55. The molecule has 5 atom stereocenters. The maximum atomic E-state index is 16.0. The van der Waals surface area contributed by atoms with E-state index in [9.17, 15) is 33.4 Å². The Labute approximate surface area is 415 Å². The van der Waals surface area contributed by atoms with Crippen LogP contribution in [0.4, 0.5) is 17.6 Å². The van der Waals surface area contributed by atoms with Gasteiger partial charge in [-0.05, 0) is 65.5 Å². The van der Waals surface area contributed by atoms with Gasteiger partial charge in [-0.2, -0.15) is 0 Å². The Morgan fingerprint density at radius 3 is 2.25 bits per heavy atom. The van der Waals surface area contributed by atoms with Gasteiger partial charge in [-0.1, -0.05) is 69.3 Å². The van der Waals surface area contributed by atoms with E-state index >= 15 is 8.78 Å². The van der Waals surface area contributed by atoms with Gasteiger partial charge in [0.05, 0.1) is 67.8 Å². The van der Waals surface area contributed by atoms with Crippen molar-refractivity contribution < 1.29 is 61.1 Å². The summed E-state index contributed by atoms with van der Waals surface area (Å²) in [6.07, 6.45) is -0.0722. The summed E-state index contributed by atoms with van der Waals surface area (Å²) in [6.45, 7) is 7.09. The predicted molar refractivity (Wildman–Crippen MR) is 259 cm³/mol. The number of nitrogens with zero attached hydrogens (tertiary/aromatic N) is 3. The molecule has 3 heterocycles. The third-order valence-electron chi connectivity index (χ3n) is 13.0. The fraction of sp³-hybridized carbons (Fsp3) is 0.500. The summed E-state index contributed by atoms with van der Waals surface area (Å²) in [6, 6.07) is 13.9. The van der Waals surface area contributed by atoms with E-state index in [1.54, 1.807) is 44.5 Å². The highest BCUT2D eigenvalue weighted by Crippen LogP contribution is 2.50. The number of β-amino-alcohol motifs (C(OH)–C–C–N with tert-alkyl or cyclic N) is 1. The number of benzene rings is 3. The summed E-state index contributed by atoms with van der Waals surface area (Å²) in [5.41, 5.74) is 6.99. The number of aliphatic hydroxyl groups is 2. The zero-order chi connectivity index (χ0) is 51.0. The number of halogens is 4. The molecular weight excluding hydrogens is 947 g/mol. The van der Waals surface area contributed by atoms with Crippen LogP contribution in [0.3, 0.4) is 0 Å². The molecule has 2 aliphatic heterocycles. The second kappa shape index (κ2) is 23.5. The zero-order valence-corrected chi connectivity index (χ0v) is 41.5. The molecule has 19 heteroatoms. The standard InChI is InChI=1S/C52H63F4N5O9S/c1-31-20-39-38-9-7-6-8-35(38)21-40(39)46(61(31)28-52(55,56)29-62)45-41(53)23-37(24-42(45)54)70-19-18-68-15-14-67-16-17-69-27-44(64)59-48(51(3,4)5)50(66)60-26-36(63)22-43(60)49(65)57-25-33-10-12-34(13-11-33)47-32(2)58-30-71-47/h6-13,23-24,30-31,36,43,46,48,62-63H,14-22,25-29H2,1-5H3,(H,57,65)(H,59,64)/t31-,36-,43+,46+,48-/m1/s1. The number of ether oxygens (including phenoxy) is 4. The van der Waals surface area contributed by atoms with E-state index in [1.807, 2.05) is 55.5 Å². The highest BCUT2D eigenvalue weighted by Gasteiger charge is 2.46. The number of aliphatic hydroxyl groups excluding tert-OH is 2. The van der Waals surface area contributed by atoms with Crippen LogP contribution in [0, 0.1) is 24.0 Å². The quantitative estimate of drug-likeness (QED) is 0.0507. The lowest BCUT2D eigenvalue weighted by Crippen LogP contribution is -2.58. The summed E-state index contributed by atoms with van der Waals surface area (Å²) in [5, 5.41) is 25.6. The molecule has 0 saturated carbocycles.